The van der Waals surface area contributed by atoms with Gasteiger partial charge in [0, 0.05) is 17.8 Å². The van der Waals surface area contributed by atoms with E-state index in [0.717, 1.165) is 11.3 Å². The average molecular weight is 275 g/mol. The summed E-state index contributed by atoms with van der Waals surface area (Å²) in [5.41, 5.74) is 2.41. The van der Waals surface area contributed by atoms with Crippen LogP contribution >= 0.6 is 11.6 Å². The molecule has 0 aliphatic carbocycles. The van der Waals surface area contributed by atoms with E-state index >= 15 is 0 Å². The lowest BCUT2D eigenvalue weighted by Crippen LogP contribution is -2.29. The molecular weight excluding hydrogens is 260 g/mol. The van der Waals surface area contributed by atoms with Gasteiger partial charge in [0.15, 0.2) is 0 Å². The number of aromatic nitrogens is 1. The molecule has 19 heavy (non-hydrogen) atoms. The van der Waals surface area contributed by atoms with Crippen LogP contribution in [0.1, 0.15) is 27.7 Å². The molecule has 0 aliphatic rings. The van der Waals surface area contributed by atoms with Gasteiger partial charge in [0.05, 0.1) is 11.6 Å². The predicted octanol–water partition coefficient (Wildman–Crippen LogP) is 3.10. The summed E-state index contributed by atoms with van der Waals surface area (Å²) in [6.07, 6.45) is 1.57. The van der Waals surface area contributed by atoms with E-state index in [2.05, 4.69) is 10.3 Å². The van der Waals surface area contributed by atoms with Gasteiger partial charge in [-0.25, -0.2) is 0 Å². The van der Waals surface area contributed by atoms with Gasteiger partial charge in [0.2, 0.25) is 0 Å². The molecule has 1 unspecified atom stereocenters. The SMILES string of the molecule is Cc1ccc(C(=O)NC(CCl)c2ccccc2)cn1. The van der Waals surface area contributed by atoms with E-state index in [1.165, 1.54) is 0 Å². The number of aryl methyl sites for hydroxylation is 1. The maximum atomic E-state index is 12.1. The third-order valence-electron chi connectivity index (χ3n) is 2.84. The lowest BCUT2D eigenvalue weighted by molar-refractivity contribution is 0.0940. The van der Waals surface area contributed by atoms with Crippen molar-refractivity contribution in [3.8, 4) is 0 Å². The number of benzene rings is 1. The molecule has 1 aromatic carbocycles. The van der Waals surface area contributed by atoms with Crippen molar-refractivity contribution in [1.82, 2.24) is 10.3 Å². The van der Waals surface area contributed by atoms with Crippen LogP contribution in [0, 0.1) is 6.92 Å². The molecule has 1 N–H and O–H groups in total. The van der Waals surface area contributed by atoms with Crippen molar-refractivity contribution < 1.29 is 4.79 Å². The Balaban J connectivity index is 2.10. The molecule has 0 saturated heterocycles. The van der Waals surface area contributed by atoms with Gasteiger partial charge in [0.1, 0.15) is 0 Å². The molecule has 0 radical (unpaired) electrons. The van der Waals surface area contributed by atoms with E-state index in [9.17, 15) is 4.79 Å². The monoisotopic (exact) mass is 274 g/mol. The van der Waals surface area contributed by atoms with Crippen molar-refractivity contribution in [2.75, 3.05) is 5.88 Å². The maximum absolute atomic E-state index is 12.1. The fourth-order valence-corrected chi connectivity index (χ4v) is 2.00. The van der Waals surface area contributed by atoms with Gasteiger partial charge < -0.3 is 5.32 Å². The number of halogens is 1. The Kier molecular flexibility index (Phi) is 4.53. The first-order chi connectivity index (χ1) is 9.20. The Morgan fingerprint density at radius 1 is 1.26 bits per heavy atom. The summed E-state index contributed by atoms with van der Waals surface area (Å²) in [4.78, 5) is 16.2. The summed E-state index contributed by atoms with van der Waals surface area (Å²) in [5.74, 6) is 0.164. The van der Waals surface area contributed by atoms with Gasteiger partial charge >= 0.3 is 0 Å². The highest BCUT2D eigenvalue weighted by Gasteiger charge is 2.14. The fraction of sp³-hybridized carbons (Fsp3) is 0.200. The third kappa shape index (κ3) is 3.55. The van der Waals surface area contributed by atoms with Crippen LogP contribution in [0.2, 0.25) is 0 Å². The summed E-state index contributed by atoms with van der Waals surface area (Å²) < 4.78 is 0. The molecule has 1 atom stereocenters. The van der Waals surface area contributed by atoms with Crippen LogP contribution in [0.5, 0.6) is 0 Å². The number of hydrogen-bond donors (Lipinski definition) is 1. The molecule has 0 spiro atoms. The van der Waals surface area contributed by atoms with Gasteiger partial charge in [-0.2, -0.15) is 0 Å². The summed E-state index contributed by atoms with van der Waals surface area (Å²) in [7, 11) is 0. The van der Waals surface area contributed by atoms with Gasteiger partial charge in [-0.15, -0.1) is 11.6 Å². The second-order valence-corrected chi connectivity index (χ2v) is 4.59. The minimum atomic E-state index is -0.198. The largest absolute Gasteiger partial charge is 0.344 e. The van der Waals surface area contributed by atoms with E-state index < -0.39 is 0 Å². The van der Waals surface area contributed by atoms with Crippen molar-refractivity contribution in [3.63, 3.8) is 0 Å². The summed E-state index contributed by atoms with van der Waals surface area (Å²) in [6.45, 7) is 1.88. The van der Waals surface area contributed by atoms with E-state index in [-0.39, 0.29) is 11.9 Å². The van der Waals surface area contributed by atoms with Crippen molar-refractivity contribution in [2.24, 2.45) is 0 Å². The van der Waals surface area contributed by atoms with E-state index in [0.29, 0.717) is 11.4 Å². The summed E-state index contributed by atoms with van der Waals surface area (Å²) >= 11 is 5.93. The number of amides is 1. The quantitative estimate of drug-likeness (QED) is 0.871. The van der Waals surface area contributed by atoms with Crippen molar-refractivity contribution in [2.45, 2.75) is 13.0 Å². The number of nitrogens with zero attached hydrogens (tertiary/aromatic N) is 1. The molecule has 3 nitrogen and oxygen atoms in total. The molecule has 2 rings (SSSR count). The van der Waals surface area contributed by atoms with Crippen molar-refractivity contribution in [1.29, 1.82) is 0 Å². The molecule has 1 amide bonds. The molecule has 0 fully saturated rings. The molecule has 1 aromatic heterocycles. The van der Waals surface area contributed by atoms with Crippen LogP contribution in [-0.4, -0.2) is 16.8 Å². The minimum absolute atomic E-state index is 0.165. The van der Waals surface area contributed by atoms with E-state index in [1.54, 1.807) is 12.3 Å². The van der Waals surface area contributed by atoms with Gasteiger partial charge in [0.25, 0.3) is 5.91 Å². The summed E-state index contributed by atoms with van der Waals surface area (Å²) in [6, 6.07) is 13.0. The normalized spacial score (nSPS) is 11.9. The van der Waals surface area contributed by atoms with E-state index in [1.807, 2.05) is 43.3 Å². The standard InChI is InChI=1S/C15H15ClN2O/c1-11-7-8-13(10-17-11)15(19)18-14(9-16)12-5-3-2-4-6-12/h2-8,10,14H,9H2,1H3,(H,18,19). The zero-order chi connectivity index (χ0) is 13.7. The molecule has 98 valence electrons. The van der Waals surface area contributed by atoms with E-state index in [4.69, 9.17) is 11.6 Å². The van der Waals surface area contributed by atoms with Crippen molar-refractivity contribution >= 4 is 17.5 Å². The van der Waals surface area contributed by atoms with Gasteiger partial charge in [-0.3, -0.25) is 9.78 Å². The highest BCUT2D eigenvalue weighted by atomic mass is 35.5. The Morgan fingerprint density at radius 3 is 2.58 bits per heavy atom. The molecular formula is C15H15ClN2O. The maximum Gasteiger partial charge on any atom is 0.253 e. The number of carbonyl (C=O) groups excluding carboxylic acids is 1. The Morgan fingerprint density at radius 2 is 2.00 bits per heavy atom. The first kappa shape index (κ1) is 13.6. The molecule has 2 aromatic rings. The number of carbonyl (C=O) groups is 1. The zero-order valence-electron chi connectivity index (χ0n) is 10.6. The van der Waals surface area contributed by atoms with Gasteiger partial charge in [-0.1, -0.05) is 30.3 Å². The summed E-state index contributed by atoms with van der Waals surface area (Å²) in [5, 5.41) is 2.91. The lowest BCUT2D eigenvalue weighted by Gasteiger charge is -2.16. The molecule has 0 aliphatic heterocycles. The third-order valence-corrected chi connectivity index (χ3v) is 3.14. The van der Waals surface area contributed by atoms with Crippen LogP contribution in [-0.2, 0) is 0 Å². The van der Waals surface area contributed by atoms with Crippen LogP contribution in [0.25, 0.3) is 0 Å². The fourth-order valence-electron chi connectivity index (χ4n) is 1.74. The van der Waals surface area contributed by atoms with Crippen molar-refractivity contribution in [3.05, 3.63) is 65.5 Å². The number of nitrogens with one attached hydrogen (secondary N) is 1. The Labute approximate surface area is 117 Å². The second-order valence-electron chi connectivity index (χ2n) is 4.28. The number of pyridine rings is 1. The van der Waals surface area contributed by atoms with Crippen LogP contribution in [0.4, 0.5) is 0 Å². The Hall–Kier alpha value is -1.87. The number of alkyl halides is 1. The van der Waals surface area contributed by atoms with Crippen LogP contribution in [0.15, 0.2) is 48.7 Å². The first-order valence-electron chi connectivity index (χ1n) is 6.05. The molecule has 0 bridgehead atoms. The highest BCUT2D eigenvalue weighted by Crippen LogP contribution is 2.14. The highest BCUT2D eigenvalue weighted by molar-refractivity contribution is 6.18. The minimum Gasteiger partial charge on any atom is -0.344 e. The number of hydrogen-bond acceptors (Lipinski definition) is 2. The molecule has 0 saturated carbocycles. The predicted molar refractivity (Wildman–Crippen MR) is 76.3 cm³/mol. The smallest absolute Gasteiger partial charge is 0.253 e. The topological polar surface area (TPSA) is 42.0 Å². The molecule has 1 heterocycles. The number of rotatable bonds is 4. The lowest BCUT2D eigenvalue weighted by atomic mass is 10.1. The Bertz CT molecular complexity index is 540. The first-order valence-corrected chi connectivity index (χ1v) is 6.58. The zero-order valence-corrected chi connectivity index (χ0v) is 11.4. The van der Waals surface area contributed by atoms with Crippen LogP contribution in [0.3, 0.4) is 0 Å². The average Bonchev–Trinajstić information content (AvgIpc) is 2.46. The van der Waals surface area contributed by atoms with Crippen LogP contribution < -0.4 is 5.32 Å². The van der Waals surface area contributed by atoms with Gasteiger partial charge in [-0.05, 0) is 24.6 Å². The second kappa shape index (κ2) is 6.34. The molecule has 4 heteroatoms.